The van der Waals surface area contributed by atoms with Gasteiger partial charge in [-0.3, -0.25) is 9.89 Å². The van der Waals surface area contributed by atoms with Crippen LogP contribution in [0.1, 0.15) is 27.3 Å². The Kier molecular flexibility index (Phi) is 5.67. The molecule has 25 heavy (non-hydrogen) atoms. The van der Waals surface area contributed by atoms with Crippen LogP contribution in [0.3, 0.4) is 0 Å². The molecule has 6 nitrogen and oxygen atoms in total. The molecular formula is C17H20ClFN4O2. The summed E-state index contributed by atoms with van der Waals surface area (Å²) in [5.41, 5.74) is 2.99. The van der Waals surface area contributed by atoms with Crippen LogP contribution in [0.2, 0.25) is 5.02 Å². The zero-order chi connectivity index (χ0) is 17.8. The molecule has 3 rings (SSSR count). The van der Waals surface area contributed by atoms with Gasteiger partial charge in [-0.2, -0.15) is 5.10 Å². The Balaban J connectivity index is 1.84. The quantitative estimate of drug-likeness (QED) is 0.821. The number of carbonyl (C=O) groups is 1. The molecule has 1 aromatic carbocycles. The fraction of sp³-hybridized carbons (Fsp3) is 0.412. The van der Waals surface area contributed by atoms with Gasteiger partial charge in [-0.25, -0.2) is 4.39 Å². The van der Waals surface area contributed by atoms with Crippen molar-refractivity contribution in [2.24, 2.45) is 0 Å². The van der Waals surface area contributed by atoms with Crippen LogP contribution in [-0.2, 0) is 24.2 Å². The number of ether oxygens (including phenoxy) is 1. The average Bonchev–Trinajstić information content (AvgIpc) is 3.04. The van der Waals surface area contributed by atoms with Crippen molar-refractivity contribution in [1.29, 1.82) is 0 Å². The number of nitrogens with zero attached hydrogens (tertiary/aromatic N) is 2. The van der Waals surface area contributed by atoms with Crippen LogP contribution in [0.5, 0.6) is 0 Å². The first-order valence-corrected chi connectivity index (χ1v) is 8.47. The second kappa shape index (κ2) is 7.95. The van der Waals surface area contributed by atoms with E-state index in [9.17, 15) is 9.18 Å². The molecule has 1 amide bonds. The summed E-state index contributed by atoms with van der Waals surface area (Å²) in [7, 11) is 1.58. The molecule has 8 heteroatoms. The van der Waals surface area contributed by atoms with Crippen molar-refractivity contribution in [2.75, 3.05) is 26.8 Å². The molecule has 134 valence electrons. The molecule has 2 heterocycles. The summed E-state index contributed by atoms with van der Waals surface area (Å²) in [5.74, 6) is -0.602. The van der Waals surface area contributed by atoms with E-state index >= 15 is 0 Å². The van der Waals surface area contributed by atoms with Crippen LogP contribution < -0.4 is 5.32 Å². The van der Waals surface area contributed by atoms with Crippen molar-refractivity contribution >= 4 is 17.5 Å². The number of aromatic amines is 1. The Hall–Kier alpha value is -1.96. The monoisotopic (exact) mass is 366 g/mol. The van der Waals surface area contributed by atoms with Crippen LogP contribution in [0.25, 0.3) is 0 Å². The van der Waals surface area contributed by atoms with Gasteiger partial charge in [0.05, 0.1) is 6.61 Å². The van der Waals surface area contributed by atoms with Crippen LogP contribution in [0.4, 0.5) is 4.39 Å². The summed E-state index contributed by atoms with van der Waals surface area (Å²) in [6.07, 6.45) is 0.817. The molecule has 0 atom stereocenters. The Labute approximate surface area is 150 Å². The lowest BCUT2D eigenvalue weighted by atomic mass is 10.1. The Bertz CT molecular complexity index is 765. The summed E-state index contributed by atoms with van der Waals surface area (Å²) in [5, 5.41) is 10.7. The first-order chi connectivity index (χ1) is 12.1. The largest absolute Gasteiger partial charge is 0.383 e. The topological polar surface area (TPSA) is 70.2 Å². The van der Waals surface area contributed by atoms with Crippen LogP contribution >= 0.6 is 11.6 Å². The number of amides is 1. The number of benzene rings is 1. The van der Waals surface area contributed by atoms with Gasteiger partial charge in [0, 0.05) is 56.0 Å². The lowest BCUT2D eigenvalue weighted by Crippen LogP contribution is -2.35. The van der Waals surface area contributed by atoms with Gasteiger partial charge >= 0.3 is 0 Å². The third-order valence-electron chi connectivity index (χ3n) is 4.24. The van der Waals surface area contributed by atoms with Crippen molar-refractivity contribution in [1.82, 2.24) is 20.4 Å². The van der Waals surface area contributed by atoms with E-state index in [2.05, 4.69) is 15.5 Å². The molecule has 2 N–H and O–H groups in total. The zero-order valence-electron chi connectivity index (χ0n) is 13.9. The number of rotatable bonds is 6. The van der Waals surface area contributed by atoms with E-state index in [-0.39, 0.29) is 12.5 Å². The molecule has 0 saturated carbocycles. The maximum atomic E-state index is 13.3. The zero-order valence-corrected chi connectivity index (χ0v) is 14.7. The van der Waals surface area contributed by atoms with Gasteiger partial charge in [-0.15, -0.1) is 0 Å². The van der Waals surface area contributed by atoms with Crippen LogP contribution in [0, 0.1) is 5.82 Å². The number of fused-ring (bicyclic) bond motifs is 1. The number of nitrogens with one attached hydrogen (secondary N) is 2. The van der Waals surface area contributed by atoms with E-state index in [0.717, 1.165) is 24.2 Å². The van der Waals surface area contributed by atoms with Gasteiger partial charge in [0.15, 0.2) is 5.69 Å². The van der Waals surface area contributed by atoms with Crippen molar-refractivity contribution in [3.8, 4) is 0 Å². The molecular weight excluding hydrogens is 347 g/mol. The molecule has 0 saturated heterocycles. The molecule has 2 aromatic rings. The molecule has 0 spiro atoms. The number of halogens is 2. The van der Waals surface area contributed by atoms with E-state index in [1.54, 1.807) is 18.1 Å². The molecule has 0 fully saturated rings. The number of H-pyrrole nitrogens is 1. The average molecular weight is 367 g/mol. The predicted octanol–water partition coefficient (Wildman–Crippen LogP) is 2.14. The van der Waals surface area contributed by atoms with Crippen molar-refractivity contribution < 1.29 is 13.9 Å². The summed E-state index contributed by atoms with van der Waals surface area (Å²) in [4.78, 5) is 14.6. The number of methoxy groups -OCH3 is 1. The van der Waals surface area contributed by atoms with Crippen molar-refractivity contribution in [3.05, 3.63) is 51.6 Å². The first kappa shape index (κ1) is 17.8. The predicted molar refractivity (Wildman–Crippen MR) is 92.0 cm³/mol. The number of hydrogen-bond acceptors (Lipinski definition) is 4. The minimum absolute atomic E-state index is 0.196. The van der Waals surface area contributed by atoms with Crippen LogP contribution in [0.15, 0.2) is 18.2 Å². The highest BCUT2D eigenvalue weighted by atomic mass is 35.5. The Morgan fingerprint density at radius 3 is 3.08 bits per heavy atom. The van der Waals surface area contributed by atoms with Gasteiger partial charge < -0.3 is 15.0 Å². The molecule has 1 aliphatic heterocycles. The van der Waals surface area contributed by atoms with Gasteiger partial charge in [-0.1, -0.05) is 17.7 Å². The molecule has 1 aliphatic rings. The van der Waals surface area contributed by atoms with E-state index in [0.29, 0.717) is 36.0 Å². The van der Waals surface area contributed by atoms with Gasteiger partial charge in [0.2, 0.25) is 0 Å². The number of hydrogen-bond donors (Lipinski definition) is 2. The standard InChI is InChI=1S/C17H20ClFN4O2/c1-25-7-6-23(10-11-2-3-12(19)8-14(11)18)17(24)16-13-9-20-5-4-15(13)21-22-16/h2-3,8,20H,4-7,9-10H2,1H3,(H,21,22). The maximum absolute atomic E-state index is 13.3. The van der Waals surface area contributed by atoms with Crippen molar-refractivity contribution in [3.63, 3.8) is 0 Å². The molecule has 1 aromatic heterocycles. The molecule has 0 radical (unpaired) electrons. The summed E-state index contributed by atoms with van der Waals surface area (Å²) < 4.78 is 18.4. The normalized spacial score (nSPS) is 13.6. The maximum Gasteiger partial charge on any atom is 0.275 e. The van der Waals surface area contributed by atoms with Gasteiger partial charge in [0.25, 0.3) is 5.91 Å². The summed E-state index contributed by atoms with van der Waals surface area (Å²) in [6, 6.07) is 4.17. The number of carbonyl (C=O) groups excluding carboxylic acids is 1. The van der Waals surface area contributed by atoms with Gasteiger partial charge in [0.1, 0.15) is 5.82 Å². The summed E-state index contributed by atoms with van der Waals surface area (Å²) >= 11 is 6.11. The third-order valence-corrected chi connectivity index (χ3v) is 4.59. The van der Waals surface area contributed by atoms with Crippen LogP contribution in [-0.4, -0.2) is 47.8 Å². The Morgan fingerprint density at radius 1 is 1.48 bits per heavy atom. The second-order valence-corrected chi connectivity index (χ2v) is 6.32. The first-order valence-electron chi connectivity index (χ1n) is 8.09. The highest BCUT2D eigenvalue weighted by Gasteiger charge is 2.26. The van der Waals surface area contributed by atoms with E-state index < -0.39 is 5.82 Å². The number of aromatic nitrogens is 2. The highest BCUT2D eigenvalue weighted by molar-refractivity contribution is 6.31. The fourth-order valence-corrected chi connectivity index (χ4v) is 3.09. The lowest BCUT2D eigenvalue weighted by Gasteiger charge is -2.23. The Morgan fingerprint density at radius 2 is 2.32 bits per heavy atom. The fourth-order valence-electron chi connectivity index (χ4n) is 2.86. The third kappa shape index (κ3) is 4.00. The van der Waals surface area contributed by atoms with Crippen molar-refractivity contribution in [2.45, 2.75) is 19.5 Å². The molecule has 0 aliphatic carbocycles. The van der Waals surface area contributed by atoms with Gasteiger partial charge in [-0.05, 0) is 17.7 Å². The van der Waals surface area contributed by atoms with E-state index in [1.807, 2.05) is 0 Å². The molecule has 0 bridgehead atoms. The lowest BCUT2D eigenvalue weighted by molar-refractivity contribution is 0.0673. The van der Waals surface area contributed by atoms with E-state index in [4.69, 9.17) is 16.3 Å². The molecule has 0 unspecified atom stereocenters. The SMILES string of the molecule is COCCN(Cc1ccc(F)cc1Cl)C(=O)c1n[nH]c2c1CNCC2. The minimum atomic E-state index is -0.407. The second-order valence-electron chi connectivity index (χ2n) is 5.91. The smallest absolute Gasteiger partial charge is 0.275 e. The van der Waals surface area contributed by atoms with E-state index in [1.165, 1.54) is 12.1 Å². The minimum Gasteiger partial charge on any atom is -0.383 e. The summed E-state index contributed by atoms with van der Waals surface area (Å²) in [6.45, 7) is 2.51. The highest BCUT2D eigenvalue weighted by Crippen LogP contribution is 2.22.